The van der Waals surface area contributed by atoms with Gasteiger partial charge < -0.3 is 0 Å². The highest BCUT2D eigenvalue weighted by molar-refractivity contribution is 7.12. The zero-order valence-corrected chi connectivity index (χ0v) is 14.4. The van der Waals surface area contributed by atoms with Crippen molar-refractivity contribution in [3.8, 4) is 12.1 Å². The number of nitrogens with zero attached hydrogens (tertiary/aromatic N) is 2. The molecule has 4 nitrogen and oxygen atoms in total. The van der Waals surface area contributed by atoms with E-state index in [0.717, 1.165) is 5.77 Å². The molecule has 0 radical (unpaired) electrons. The van der Waals surface area contributed by atoms with E-state index < -0.39 is 21.2 Å². The van der Waals surface area contributed by atoms with Gasteiger partial charge in [-0.15, -0.1) is 0 Å². The minimum absolute atomic E-state index is 0.0932. The Morgan fingerprint density at radius 2 is 1.33 bits per heavy atom. The van der Waals surface area contributed by atoms with Gasteiger partial charge in [-0.05, 0) is 12.1 Å². The highest BCUT2D eigenvalue weighted by Gasteiger charge is 2.23. The summed E-state index contributed by atoms with van der Waals surface area (Å²) >= 11 is 2.41. The van der Waals surface area contributed by atoms with Crippen LogP contribution in [0.3, 0.4) is 0 Å². The number of hydrogen-bond acceptors (Lipinski definition) is 6. The lowest BCUT2D eigenvalue weighted by Crippen LogP contribution is -3.61. The van der Waals surface area contributed by atoms with Gasteiger partial charge in [0.05, 0.1) is 34.7 Å². The Bertz CT molecular complexity index is 700. The largest absolute Gasteiger partial charge is 0.381 e. The monoisotopic (exact) mass is 427 g/mol. The van der Waals surface area contributed by atoms with Crippen molar-refractivity contribution in [1.29, 1.82) is 10.5 Å². The number of nitriles is 2. The zero-order chi connectivity index (χ0) is 15.2. The number of rotatable bonds is 6. The minimum Gasteiger partial charge on any atom is -0.292 e. The minimum atomic E-state index is -0.434. The van der Waals surface area contributed by atoms with E-state index in [-0.39, 0.29) is 24.4 Å². The SMILES string of the molecule is N#CCC(=O)c1ccc([I+]c2ccc(C(=O)CC#N)s2)s1. The quantitative estimate of drug-likeness (QED) is 0.485. The molecular weight excluding hydrogens is 419 g/mol. The maximum atomic E-state index is 11.6. The van der Waals surface area contributed by atoms with Crippen LogP contribution in [0.4, 0.5) is 0 Å². The van der Waals surface area contributed by atoms with Crippen LogP contribution in [0.25, 0.3) is 0 Å². The number of ketones is 2. The average Bonchev–Trinajstić information content (AvgIpc) is 3.09. The van der Waals surface area contributed by atoms with Crippen LogP contribution in [-0.2, 0) is 0 Å². The Morgan fingerprint density at radius 1 is 0.905 bits per heavy atom. The molecule has 0 amide bonds. The Hall–Kier alpha value is -1.55. The van der Waals surface area contributed by atoms with Crippen LogP contribution in [-0.4, -0.2) is 11.6 Å². The molecule has 0 N–H and O–H groups in total. The lowest BCUT2D eigenvalue weighted by atomic mass is 10.2. The molecule has 0 bridgehead atoms. The Morgan fingerprint density at radius 3 is 1.71 bits per heavy atom. The van der Waals surface area contributed by atoms with Crippen molar-refractivity contribution in [2.75, 3.05) is 0 Å². The molecule has 0 fully saturated rings. The van der Waals surface area contributed by atoms with Crippen LogP contribution in [0.2, 0.25) is 0 Å². The summed E-state index contributed by atoms with van der Waals surface area (Å²) in [6.07, 6.45) is -0.186. The summed E-state index contributed by atoms with van der Waals surface area (Å²) < 4.78 is 2.24. The summed E-state index contributed by atoms with van der Waals surface area (Å²) in [6, 6.07) is 11.1. The molecule has 0 aliphatic rings. The van der Waals surface area contributed by atoms with Gasteiger partial charge in [0.1, 0.15) is 0 Å². The van der Waals surface area contributed by atoms with Crippen molar-refractivity contribution < 1.29 is 30.8 Å². The first-order valence-corrected chi connectivity index (χ1v) is 9.58. The van der Waals surface area contributed by atoms with Crippen LogP contribution in [0.15, 0.2) is 24.3 Å². The first kappa shape index (κ1) is 15.8. The van der Waals surface area contributed by atoms with E-state index in [1.54, 1.807) is 12.1 Å². The van der Waals surface area contributed by atoms with Gasteiger partial charge in [-0.25, -0.2) is 0 Å². The summed E-state index contributed by atoms with van der Waals surface area (Å²) in [5.41, 5.74) is 0. The molecular formula is C14H8IN2O2S2+. The molecule has 104 valence electrons. The number of thiophene rings is 2. The third kappa shape index (κ3) is 4.21. The van der Waals surface area contributed by atoms with Crippen LogP contribution in [0.1, 0.15) is 32.2 Å². The van der Waals surface area contributed by atoms with Crippen LogP contribution in [0, 0.1) is 28.4 Å². The van der Waals surface area contributed by atoms with E-state index in [1.807, 2.05) is 24.3 Å². The molecule has 2 heterocycles. The first-order valence-electron chi connectivity index (χ1n) is 5.79. The van der Waals surface area contributed by atoms with E-state index in [2.05, 4.69) is 0 Å². The number of halogens is 1. The van der Waals surface area contributed by atoms with Crippen molar-refractivity contribution >= 4 is 34.2 Å². The van der Waals surface area contributed by atoms with Gasteiger partial charge in [0.25, 0.3) is 0 Å². The first-order chi connectivity index (χ1) is 10.1. The fourth-order valence-electron chi connectivity index (χ4n) is 1.44. The van der Waals surface area contributed by atoms with Gasteiger partial charge in [-0.1, -0.05) is 22.7 Å². The van der Waals surface area contributed by atoms with Crippen molar-refractivity contribution in [2.24, 2.45) is 0 Å². The summed E-state index contributed by atoms with van der Waals surface area (Å²) in [4.78, 5) is 24.4. The molecule has 0 aliphatic carbocycles. The third-order valence-electron chi connectivity index (χ3n) is 2.36. The number of carbonyl (C=O) groups excluding carboxylic acids is 2. The van der Waals surface area contributed by atoms with Crippen molar-refractivity contribution in [3.05, 3.63) is 39.8 Å². The molecule has 0 unspecified atom stereocenters. The van der Waals surface area contributed by atoms with Gasteiger partial charge in [0.15, 0.2) is 11.6 Å². The summed E-state index contributed by atoms with van der Waals surface area (Å²) in [7, 11) is 0. The Kier molecular flexibility index (Phi) is 5.62. The van der Waals surface area contributed by atoms with Crippen LogP contribution < -0.4 is 21.2 Å². The highest BCUT2D eigenvalue weighted by atomic mass is 127. The molecule has 0 saturated heterocycles. The topological polar surface area (TPSA) is 81.7 Å². The molecule has 2 aromatic heterocycles. The van der Waals surface area contributed by atoms with Crippen LogP contribution >= 0.6 is 22.7 Å². The molecule has 2 aromatic rings. The van der Waals surface area contributed by atoms with E-state index in [9.17, 15) is 9.59 Å². The molecule has 0 saturated carbocycles. The standard InChI is InChI=1S/C14H8IN2O2S2/c16-7-5-9(18)11-1-3-13(20-11)15-14-4-2-12(21-14)10(19)6-8-17/h1-4H,5-6H2/q+1. The summed E-state index contributed by atoms with van der Waals surface area (Å²) in [6.45, 7) is 0. The molecule has 0 aliphatic heterocycles. The van der Waals surface area contributed by atoms with Gasteiger partial charge in [-0.2, -0.15) is 10.5 Å². The molecule has 21 heavy (non-hydrogen) atoms. The predicted molar refractivity (Wildman–Crippen MR) is 75.2 cm³/mol. The smallest absolute Gasteiger partial charge is 0.292 e. The second-order valence-electron chi connectivity index (χ2n) is 3.82. The van der Waals surface area contributed by atoms with Gasteiger partial charge in [0, 0.05) is 12.1 Å². The lowest BCUT2D eigenvalue weighted by Gasteiger charge is -1.85. The summed E-state index contributed by atoms with van der Waals surface area (Å²) in [5.74, 6) is -0.289. The molecule has 0 spiro atoms. The second-order valence-corrected chi connectivity index (χ2v) is 10.3. The fraction of sp³-hybridized carbons (Fsp3) is 0.143. The maximum absolute atomic E-state index is 11.6. The molecule has 7 heteroatoms. The molecule has 0 atom stereocenters. The highest BCUT2D eigenvalue weighted by Crippen LogP contribution is 2.13. The summed E-state index contributed by atoms with van der Waals surface area (Å²) in [5, 5.41) is 17.1. The zero-order valence-electron chi connectivity index (χ0n) is 10.6. The number of Topliss-reactive ketones (excluding diaryl/α,β-unsaturated/α-hetero) is 2. The van der Waals surface area contributed by atoms with Gasteiger partial charge >= 0.3 is 21.2 Å². The van der Waals surface area contributed by atoms with Gasteiger partial charge in [-0.3, -0.25) is 9.59 Å². The van der Waals surface area contributed by atoms with E-state index >= 15 is 0 Å². The maximum Gasteiger partial charge on any atom is 0.381 e. The van der Waals surface area contributed by atoms with Gasteiger partial charge in [0.2, 0.25) is 5.77 Å². The molecule has 2 rings (SSSR count). The normalized spacial score (nSPS) is 9.81. The van der Waals surface area contributed by atoms with Crippen molar-refractivity contribution in [3.63, 3.8) is 0 Å². The van der Waals surface area contributed by atoms with Crippen LogP contribution in [0.5, 0.6) is 0 Å². The Balaban J connectivity index is 2.06. The lowest BCUT2D eigenvalue weighted by molar-refractivity contribution is -0.585. The fourth-order valence-corrected chi connectivity index (χ4v) is 7.62. The Labute approximate surface area is 139 Å². The second kappa shape index (κ2) is 7.46. The molecule has 0 aromatic carbocycles. The van der Waals surface area contributed by atoms with Crippen molar-refractivity contribution in [1.82, 2.24) is 0 Å². The van der Waals surface area contributed by atoms with E-state index in [0.29, 0.717) is 9.75 Å². The average molecular weight is 427 g/mol. The van der Waals surface area contributed by atoms with Crippen molar-refractivity contribution in [2.45, 2.75) is 12.8 Å². The van der Waals surface area contributed by atoms with E-state index in [1.165, 1.54) is 22.7 Å². The number of hydrogen-bond donors (Lipinski definition) is 0. The third-order valence-corrected chi connectivity index (χ3v) is 8.33. The predicted octanol–water partition coefficient (Wildman–Crippen LogP) is 0.131. The number of carbonyl (C=O) groups is 2. The van der Waals surface area contributed by atoms with E-state index in [4.69, 9.17) is 10.5 Å².